The Kier molecular flexibility index (Phi) is 8.77. The van der Waals surface area contributed by atoms with Crippen LogP contribution in [0.1, 0.15) is 34.6 Å². The van der Waals surface area contributed by atoms with Gasteiger partial charge in [-0.25, -0.2) is 23.8 Å². The van der Waals surface area contributed by atoms with Crippen LogP contribution in [-0.4, -0.2) is 71.0 Å². The summed E-state index contributed by atoms with van der Waals surface area (Å²) in [6, 6.07) is 20.8. The maximum absolute atomic E-state index is 12.5. The lowest BCUT2D eigenvalue weighted by Crippen LogP contribution is -2.58. The average Bonchev–Trinajstić information content (AvgIpc) is 3.70. The molecular weight excluding hydrogens is 644 g/mol. The Balaban J connectivity index is 0.000000194. The fourth-order valence-electron chi connectivity index (χ4n) is 5.69. The topological polar surface area (TPSA) is 93.2 Å². The first-order valence-corrected chi connectivity index (χ1v) is 16.0. The lowest BCUT2D eigenvalue weighted by Gasteiger charge is -2.45. The summed E-state index contributed by atoms with van der Waals surface area (Å²) in [4.78, 5) is 25.5. The normalized spacial score (nSPS) is 16.7. The number of halogens is 1. The first kappa shape index (κ1) is 31.2. The number of ether oxygens (including phenoxy) is 1. The number of hydrogen-bond donors (Lipinski definition) is 0. The molecule has 7 rings (SSSR count). The minimum atomic E-state index is -0.482. The summed E-state index contributed by atoms with van der Waals surface area (Å²) in [5.74, 6) is 0. The summed E-state index contributed by atoms with van der Waals surface area (Å²) in [6.07, 6.45) is 10.9. The van der Waals surface area contributed by atoms with Crippen LogP contribution in [0.3, 0.4) is 0 Å². The minimum Gasteiger partial charge on any atom is -0.444 e. The van der Waals surface area contributed by atoms with Gasteiger partial charge in [0.1, 0.15) is 5.60 Å². The highest BCUT2D eigenvalue weighted by Crippen LogP contribution is 2.29. The van der Waals surface area contributed by atoms with Crippen LogP contribution in [0, 0.1) is 0 Å². The first-order chi connectivity index (χ1) is 22.0. The molecule has 0 unspecified atom stereocenters. The van der Waals surface area contributed by atoms with Crippen LogP contribution in [0.25, 0.3) is 33.5 Å². The van der Waals surface area contributed by atoms with E-state index < -0.39 is 5.60 Å². The van der Waals surface area contributed by atoms with Crippen molar-refractivity contribution in [3.05, 3.63) is 102 Å². The summed E-state index contributed by atoms with van der Waals surface area (Å²) < 4.78 is 10.2. The standard InChI is InChI=1S/C23H29N5O2.C12H8BrN3/c1-16-13-26(22(29)30-23(3,4)5)14-17(2)28(16)20-8-6-18(7-9-20)19-12-24-21-10-11-25-27(21)15-19;13-11-3-1-9(2-4-11)10-7-14-12-5-6-15-16(12)8-10/h6-12,15-17H,13-14H2,1-5H3;1-8H/t16-,17+;. The molecule has 1 saturated heterocycles. The third kappa shape index (κ3) is 7.04. The van der Waals surface area contributed by atoms with E-state index >= 15 is 0 Å². The molecule has 6 aromatic rings. The molecular formula is C35H37BrN8O2. The maximum Gasteiger partial charge on any atom is 0.410 e. The van der Waals surface area contributed by atoms with E-state index in [1.54, 1.807) is 21.4 Å². The number of anilines is 1. The Hall–Kier alpha value is -4.77. The molecule has 0 aliphatic carbocycles. The van der Waals surface area contributed by atoms with Gasteiger partial charge in [0.05, 0.1) is 12.4 Å². The van der Waals surface area contributed by atoms with Crippen molar-refractivity contribution in [3.63, 3.8) is 0 Å². The molecule has 2 aromatic carbocycles. The monoisotopic (exact) mass is 680 g/mol. The Morgan fingerprint density at radius 3 is 1.70 bits per heavy atom. The van der Waals surface area contributed by atoms with Crippen molar-refractivity contribution < 1.29 is 9.53 Å². The number of benzene rings is 2. The summed E-state index contributed by atoms with van der Waals surface area (Å²) in [6.45, 7) is 11.3. The Morgan fingerprint density at radius 2 is 1.22 bits per heavy atom. The molecule has 0 saturated carbocycles. The zero-order valence-corrected chi connectivity index (χ0v) is 28.2. The van der Waals surface area contributed by atoms with Crippen LogP contribution >= 0.6 is 15.9 Å². The number of amides is 1. The van der Waals surface area contributed by atoms with E-state index in [1.807, 2.05) is 74.7 Å². The number of aromatic nitrogens is 6. The Bertz CT molecular complexity index is 1930. The van der Waals surface area contributed by atoms with Crippen molar-refractivity contribution in [2.45, 2.75) is 52.3 Å². The Labute approximate surface area is 276 Å². The van der Waals surface area contributed by atoms with Gasteiger partial charge in [-0.2, -0.15) is 10.2 Å². The van der Waals surface area contributed by atoms with Crippen LogP contribution in [0.5, 0.6) is 0 Å². The van der Waals surface area contributed by atoms with Crippen molar-refractivity contribution >= 4 is 39.0 Å². The van der Waals surface area contributed by atoms with Gasteiger partial charge in [0.2, 0.25) is 0 Å². The fourth-order valence-corrected chi connectivity index (χ4v) is 5.96. The number of piperazine rings is 1. The Morgan fingerprint density at radius 1 is 0.739 bits per heavy atom. The van der Waals surface area contributed by atoms with Crippen LogP contribution in [0.4, 0.5) is 10.5 Å². The third-order valence-electron chi connectivity index (χ3n) is 7.74. The molecule has 0 spiro atoms. The molecule has 236 valence electrons. The van der Waals surface area contributed by atoms with Crippen LogP contribution in [0.15, 0.2) is 102 Å². The SMILES string of the molecule is Brc1ccc(-c2cnc3ccnn3c2)cc1.C[C@@H]1CN(C(=O)OC(C)(C)C)C[C@H](C)N1c1ccc(-c2cnc3ccnn3c2)cc1. The summed E-state index contributed by atoms with van der Waals surface area (Å²) in [5, 5.41) is 8.43. The quantitative estimate of drug-likeness (QED) is 0.192. The molecule has 0 bridgehead atoms. The van der Waals surface area contributed by atoms with Gasteiger partial charge in [-0.1, -0.05) is 40.2 Å². The highest BCUT2D eigenvalue weighted by molar-refractivity contribution is 9.10. The second-order valence-corrected chi connectivity index (χ2v) is 13.4. The van der Waals surface area contributed by atoms with Gasteiger partial charge in [-0.05, 0) is 70.0 Å². The van der Waals surface area contributed by atoms with Crippen molar-refractivity contribution in [1.29, 1.82) is 0 Å². The molecule has 1 amide bonds. The fraction of sp³-hybridized carbons (Fsp3) is 0.286. The van der Waals surface area contributed by atoms with Gasteiger partial charge in [0, 0.05) is 83.4 Å². The van der Waals surface area contributed by atoms with E-state index in [0.29, 0.717) is 13.1 Å². The van der Waals surface area contributed by atoms with Crippen molar-refractivity contribution in [2.75, 3.05) is 18.0 Å². The lowest BCUT2D eigenvalue weighted by molar-refractivity contribution is 0.0193. The van der Waals surface area contributed by atoms with Gasteiger partial charge in [0.15, 0.2) is 11.3 Å². The van der Waals surface area contributed by atoms with E-state index in [9.17, 15) is 4.79 Å². The van der Waals surface area contributed by atoms with Crippen molar-refractivity contribution in [2.24, 2.45) is 0 Å². The highest BCUT2D eigenvalue weighted by atomic mass is 79.9. The van der Waals surface area contributed by atoms with Crippen LogP contribution in [0.2, 0.25) is 0 Å². The molecule has 5 heterocycles. The number of carbonyl (C=O) groups excluding carboxylic acids is 1. The first-order valence-electron chi connectivity index (χ1n) is 15.3. The largest absolute Gasteiger partial charge is 0.444 e. The molecule has 2 atom stereocenters. The molecule has 4 aromatic heterocycles. The minimum absolute atomic E-state index is 0.189. The predicted molar refractivity (Wildman–Crippen MR) is 184 cm³/mol. The van der Waals surface area contributed by atoms with Gasteiger partial charge in [-0.15, -0.1) is 0 Å². The van der Waals surface area contributed by atoms with E-state index in [0.717, 1.165) is 43.7 Å². The third-order valence-corrected chi connectivity index (χ3v) is 8.27. The van der Waals surface area contributed by atoms with E-state index in [2.05, 4.69) is 91.2 Å². The summed E-state index contributed by atoms with van der Waals surface area (Å²) in [5.41, 5.74) is 6.67. The number of carbonyl (C=O) groups is 1. The molecule has 0 N–H and O–H groups in total. The van der Waals surface area contributed by atoms with Gasteiger partial charge < -0.3 is 14.5 Å². The molecule has 46 heavy (non-hydrogen) atoms. The van der Waals surface area contributed by atoms with Gasteiger partial charge in [0.25, 0.3) is 0 Å². The average molecular weight is 682 g/mol. The van der Waals surface area contributed by atoms with Crippen molar-refractivity contribution in [3.8, 4) is 22.3 Å². The second-order valence-electron chi connectivity index (χ2n) is 12.5. The zero-order valence-electron chi connectivity index (χ0n) is 26.6. The number of rotatable bonds is 3. The molecule has 11 heteroatoms. The smallest absolute Gasteiger partial charge is 0.410 e. The van der Waals surface area contributed by atoms with Crippen LogP contribution in [-0.2, 0) is 4.74 Å². The molecule has 1 fully saturated rings. The molecule has 1 aliphatic rings. The lowest BCUT2D eigenvalue weighted by atomic mass is 10.0. The number of fused-ring (bicyclic) bond motifs is 2. The van der Waals surface area contributed by atoms with E-state index in [-0.39, 0.29) is 18.2 Å². The molecule has 10 nitrogen and oxygen atoms in total. The maximum atomic E-state index is 12.5. The second kappa shape index (κ2) is 12.9. The van der Waals surface area contributed by atoms with Crippen molar-refractivity contribution in [1.82, 2.24) is 34.1 Å². The number of hydrogen-bond acceptors (Lipinski definition) is 7. The van der Waals surface area contributed by atoms with Gasteiger partial charge >= 0.3 is 6.09 Å². The highest BCUT2D eigenvalue weighted by Gasteiger charge is 2.34. The molecule has 1 aliphatic heterocycles. The predicted octanol–water partition coefficient (Wildman–Crippen LogP) is 7.39. The van der Waals surface area contributed by atoms with Gasteiger partial charge in [-0.3, -0.25) is 0 Å². The number of nitrogens with zero attached hydrogens (tertiary/aromatic N) is 8. The zero-order chi connectivity index (χ0) is 32.4. The van der Waals surface area contributed by atoms with E-state index in [1.165, 1.54) is 0 Å². The van der Waals surface area contributed by atoms with E-state index in [4.69, 9.17) is 4.74 Å². The summed E-state index contributed by atoms with van der Waals surface area (Å²) >= 11 is 3.42. The van der Waals surface area contributed by atoms with Crippen LogP contribution < -0.4 is 4.90 Å². The molecule has 0 radical (unpaired) electrons. The summed E-state index contributed by atoms with van der Waals surface area (Å²) in [7, 11) is 0.